The van der Waals surface area contributed by atoms with Gasteiger partial charge in [0.05, 0.1) is 23.3 Å². The first kappa shape index (κ1) is 19.2. The monoisotopic (exact) mass is 447 g/mol. The molecule has 1 aromatic carbocycles. The molecular formula is C23H18BrN3O2. The lowest BCUT2D eigenvalue weighted by atomic mass is 10.0. The fraction of sp³-hybridized carbons (Fsp3) is 0.130. The minimum absolute atomic E-state index is 0.132. The molecular weight excluding hydrogens is 430 g/mol. The van der Waals surface area contributed by atoms with Crippen molar-refractivity contribution in [1.29, 1.82) is 0 Å². The smallest absolute Gasteiger partial charge is 0.200 e. The average Bonchev–Trinajstić information content (AvgIpc) is 2.70. The van der Waals surface area contributed by atoms with Crippen LogP contribution >= 0.6 is 15.9 Å². The van der Waals surface area contributed by atoms with Crippen molar-refractivity contribution in [2.75, 3.05) is 0 Å². The Balaban J connectivity index is 1.90. The van der Waals surface area contributed by atoms with Gasteiger partial charge in [0.15, 0.2) is 5.78 Å². The van der Waals surface area contributed by atoms with E-state index in [9.17, 15) is 9.59 Å². The molecule has 0 spiro atoms. The van der Waals surface area contributed by atoms with Crippen LogP contribution in [-0.4, -0.2) is 20.3 Å². The molecule has 29 heavy (non-hydrogen) atoms. The van der Waals surface area contributed by atoms with Crippen LogP contribution in [0.4, 0.5) is 0 Å². The van der Waals surface area contributed by atoms with E-state index in [0.29, 0.717) is 23.2 Å². The molecule has 144 valence electrons. The van der Waals surface area contributed by atoms with Crippen LogP contribution in [0.1, 0.15) is 33.0 Å². The number of para-hydroxylation sites is 1. The molecule has 0 atom stereocenters. The maximum absolute atomic E-state index is 13.2. The van der Waals surface area contributed by atoms with Crippen LogP contribution in [0, 0.1) is 13.8 Å². The Bertz CT molecular complexity index is 1310. The minimum Gasteiger partial charge on any atom is -0.340 e. The predicted octanol–water partition coefficient (Wildman–Crippen LogP) is 4.45. The quantitative estimate of drug-likeness (QED) is 0.342. The number of hydrogen-bond acceptors (Lipinski definition) is 4. The zero-order chi connectivity index (χ0) is 20.5. The molecule has 0 radical (unpaired) electrons. The SMILES string of the molecule is Cc1ccc(C(=O)c2cn(Cc3cccc(Br)n3)c3ccccc3c2=O)c(C)n1. The van der Waals surface area contributed by atoms with Gasteiger partial charge >= 0.3 is 0 Å². The molecule has 3 heterocycles. The minimum atomic E-state index is -0.318. The number of nitrogens with zero attached hydrogens (tertiary/aromatic N) is 3. The Morgan fingerprint density at radius 2 is 1.76 bits per heavy atom. The molecule has 0 aliphatic carbocycles. The molecule has 0 aliphatic heterocycles. The highest BCUT2D eigenvalue weighted by Gasteiger charge is 2.19. The van der Waals surface area contributed by atoms with Gasteiger partial charge in [-0.2, -0.15) is 0 Å². The van der Waals surface area contributed by atoms with Crippen LogP contribution in [0.5, 0.6) is 0 Å². The number of rotatable bonds is 4. The number of hydrogen-bond donors (Lipinski definition) is 0. The average molecular weight is 448 g/mol. The third kappa shape index (κ3) is 3.76. The van der Waals surface area contributed by atoms with E-state index in [4.69, 9.17) is 0 Å². The highest BCUT2D eigenvalue weighted by Crippen LogP contribution is 2.18. The van der Waals surface area contributed by atoms with Gasteiger partial charge in [0.25, 0.3) is 0 Å². The standard InChI is InChI=1S/C23H18BrN3O2/c1-14-10-11-17(15(2)25-14)22(28)19-13-27(12-16-6-5-9-21(24)26-16)20-8-4-3-7-18(20)23(19)29/h3-11,13H,12H2,1-2H3. The highest BCUT2D eigenvalue weighted by molar-refractivity contribution is 9.10. The van der Waals surface area contributed by atoms with E-state index in [0.717, 1.165) is 21.5 Å². The first-order valence-electron chi connectivity index (χ1n) is 9.16. The summed E-state index contributed by atoms with van der Waals surface area (Å²) in [5.74, 6) is -0.318. The van der Waals surface area contributed by atoms with Crippen LogP contribution < -0.4 is 5.43 Å². The van der Waals surface area contributed by atoms with E-state index >= 15 is 0 Å². The Morgan fingerprint density at radius 3 is 2.52 bits per heavy atom. The van der Waals surface area contributed by atoms with E-state index in [1.54, 1.807) is 37.4 Å². The van der Waals surface area contributed by atoms with Crippen LogP contribution in [0.3, 0.4) is 0 Å². The van der Waals surface area contributed by atoms with Crippen molar-refractivity contribution >= 4 is 32.6 Å². The van der Waals surface area contributed by atoms with Crippen LogP contribution in [0.25, 0.3) is 10.9 Å². The van der Waals surface area contributed by atoms with Crippen molar-refractivity contribution in [2.45, 2.75) is 20.4 Å². The molecule has 3 aromatic heterocycles. The summed E-state index contributed by atoms with van der Waals surface area (Å²) < 4.78 is 2.63. The second kappa shape index (κ2) is 7.72. The number of aryl methyl sites for hydroxylation is 2. The van der Waals surface area contributed by atoms with E-state index < -0.39 is 0 Å². The molecule has 0 saturated carbocycles. The molecule has 4 rings (SSSR count). The van der Waals surface area contributed by atoms with Gasteiger partial charge in [-0.05, 0) is 66.2 Å². The first-order chi connectivity index (χ1) is 13.9. The van der Waals surface area contributed by atoms with Crippen LogP contribution in [0.2, 0.25) is 0 Å². The molecule has 0 amide bonds. The second-order valence-electron chi connectivity index (χ2n) is 6.88. The van der Waals surface area contributed by atoms with Crippen LogP contribution in [-0.2, 0) is 6.54 Å². The molecule has 0 bridgehead atoms. The summed E-state index contributed by atoms with van der Waals surface area (Å²) in [6, 6.07) is 16.5. The van der Waals surface area contributed by atoms with Crippen molar-refractivity contribution in [3.05, 3.63) is 104 Å². The van der Waals surface area contributed by atoms with Gasteiger partial charge in [-0.3, -0.25) is 14.6 Å². The van der Waals surface area contributed by atoms with E-state index in [1.165, 1.54) is 0 Å². The summed E-state index contributed by atoms with van der Waals surface area (Å²) >= 11 is 3.39. The molecule has 0 aliphatic rings. The summed E-state index contributed by atoms with van der Waals surface area (Å²) in [5.41, 5.74) is 3.32. The van der Waals surface area contributed by atoms with Gasteiger partial charge < -0.3 is 4.57 Å². The Kier molecular flexibility index (Phi) is 5.11. The Morgan fingerprint density at radius 1 is 0.966 bits per heavy atom. The molecule has 5 nitrogen and oxygen atoms in total. The van der Waals surface area contributed by atoms with Gasteiger partial charge in [0, 0.05) is 28.5 Å². The molecule has 6 heteroatoms. The molecule has 0 N–H and O–H groups in total. The third-order valence-corrected chi connectivity index (χ3v) is 5.25. The zero-order valence-corrected chi connectivity index (χ0v) is 17.6. The summed E-state index contributed by atoms with van der Waals surface area (Å²) in [7, 11) is 0. The highest BCUT2D eigenvalue weighted by atomic mass is 79.9. The number of carbonyl (C=O) groups is 1. The summed E-state index contributed by atoms with van der Waals surface area (Å²) in [6.07, 6.45) is 1.63. The fourth-order valence-electron chi connectivity index (χ4n) is 3.42. The number of benzene rings is 1. The normalized spacial score (nSPS) is 11.0. The number of halogens is 1. The van der Waals surface area contributed by atoms with Crippen molar-refractivity contribution in [3.63, 3.8) is 0 Å². The molecule has 0 unspecified atom stereocenters. The maximum atomic E-state index is 13.2. The van der Waals surface area contributed by atoms with Crippen molar-refractivity contribution in [2.24, 2.45) is 0 Å². The Hall–Kier alpha value is -3.12. The van der Waals surface area contributed by atoms with Crippen LogP contribution in [0.15, 0.2) is 70.2 Å². The van der Waals surface area contributed by atoms with Crippen molar-refractivity contribution in [3.8, 4) is 0 Å². The van der Waals surface area contributed by atoms with E-state index in [2.05, 4.69) is 25.9 Å². The summed E-state index contributed by atoms with van der Waals surface area (Å²) in [5, 5.41) is 0.506. The van der Waals surface area contributed by atoms with Gasteiger partial charge in [-0.15, -0.1) is 0 Å². The topological polar surface area (TPSA) is 64.8 Å². The molecule has 0 fully saturated rings. The predicted molar refractivity (Wildman–Crippen MR) is 116 cm³/mol. The summed E-state index contributed by atoms with van der Waals surface area (Å²) in [4.78, 5) is 35.2. The number of pyridine rings is 3. The fourth-order valence-corrected chi connectivity index (χ4v) is 3.80. The van der Waals surface area contributed by atoms with Crippen molar-refractivity contribution < 1.29 is 4.79 Å². The summed E-state index contributed by atoms with van der Waals surface area (Å²) in [6.45, 7) is 4.09. The van der Waals surface area contributed by atoms with Gasteiger partial charge in [-0.1, -0.05) is 18.2 Å². The third-order valence-electron chi connectivity index (χ3n) is 4.81. The lowest BCUT2D eigenvalue weighted by Gasteiger charge is -2.14. The number of carbonyl (C=O) groups excluding carboxylic acids is 1. The maximum Gasteiger partial charge on any atom is 0.200 e. The van der Waals surface area contributed by atoms with Gasteiger partial charge in [0.1, 0.15) is 4.60 Å². The molecule has 0 saturated heterocycles. The van der Waals surface area contributed by atoms with E-state index in [-0.39, 0.29) is 16.8 Å². The number of aromatic nitrogens is 3. The van der Waals surface area contributed by atoms with Crippen molar-refractivity contribution in [1.82, 2.24) is 14.5 Å². The largest absolute Gasteiger partial charge is 0.340 e. The molecule has 4 aromatic rings. The second-order valence-corrected chi connectivity index (χ2v) is 7.70. The zero-order valence-electron chi connectivity index (χ0n) is 16.0. The lowest BCUT2D eigenvalue weighted by molar-refractivity contribution is 0.103. The lowest BCUT2D eigenvalue weighted by Crippen LogP contribution is -2.21. The Labute approximate surface area is 176 Å². The van der Waals surface area contributed by atoms with Gasteiger partial charge in [0.2, 0.25) is 5.43 Å². The first-order valence-corrected chi connectivity index (χ1v) is 9.96. The van der Waals surface area contributed by atoms with Gasteiger partial charge in [-0.25, -0.2) is 4.98 Å². The number of ketones is 1. The number of fused-ring (bicyclic) bond motifs is 1. The van der Waals surface area contributed by atoms with E-state index in [1.807, 2.05) is 41.8 Å².